The summed E-state index contributed by atoms with van der Waals surface area (Å²) in [7, 11) is 0. The van der Waals surface area contributed by atoms with Crippen LogP contribution in [0.3, 0.4) is 0 Å². The number of nitrogens with one attached hydrogen (secondary N) is 1. The van der Waals surface area contributed by atoms with Crippen LogP contribution in [0.2, 0.25) is 0 Å². The van der Waals surface area contributed by atoms with Crippen LogP contribution < -0.4 is 5.32 Å². The number of aromatic nitrogens is 2. The van der Waals surface area contributed by atoms with Gasteiger partial charge < -0.3 is 9.84 Å². The third kappa shape index (κ3) is 3.37. The number of aryl methyl sites for hydroxylation is 1. The van der Waals surface area contributed by atoms with Crippen LogP contribution in [-0.2, 0) is 5.54 Å². The molecule has 0 spiro atoms. The second kappa shape index (κ2) is 6.83. The molecule has 1 aliphatic carbocycles. The molecule has 1 aromatic carbocycles. The molecule has 1 aliphatic rings. The predicted octanol–water partition coefficient (Wildman–Crippen LogP) is 3.21. The van der Waals surface area contributed by atoms with Crippen molar-refractivity contribution >= 4 is 23.4 Å². The number of nitrogens with zero attached hydrogens (tertiary/aromatic N) is 3. The van der Waals surface area contributed by atoms with Gasteiger partial charge in [0.15, 0.2) is 5.82 Å². The second-order valence-electron chi connectivity index (χ2n) is 6.02. The van der Waals surface area contributed by atoms with E-state index in [0.29, 0.717) is 24.6 Å². The van der Waals surface area contributed by atoms with E-state index in [4.69, 9.17) is 4.52 Å². The van der Waals surface area contributed by atoms with Crippen LogP contribution in [0.4, 0.5) is 5.69 Å². The SMILES string of the molecule is CSc1ccc([N+](=O)[O-])c(C(=O)NC2(c3noc(C)n3)CCCC2)c1. The van der Waals surface area contributed by atoms with Gasteiger partial charge >= 0.3 is 0 Å². The minimum Gasteiger partial charge on any atom is -0.340 e. The molecule has 2 aromatic rings. The van der Waals surface area contributed by atoms with Crippen molar-refractivity contribution in [2.75, 3.05) is 6.26 Å². The zero-order valence-electron chi connectivity index (χ0n) is 13.9. The lowest BCUT2D eigenvalue weighted by molar-refractivity contribution is -0.385. The molecule has 25 heavy (non-hydrogen) atoms. The first-order valence-electron chi connectivity index (χ1n) is 7.91. The molecule has 0 aliphatic heterocycles. The Morgan fingerprint density at radius 2 is 2.12 bits per heavy atom. The minimum absolute atomic E-state index is 0.0448. The number of benzene rings is 1. The van der Waals surface area contributed by atoms with Crippen LogP contribution in [0.5, 0.6) is 0 Å². The molecule has 1 saturated carbocycles. The molecule has 3 rings (SSSR count). The molecule has 1 aromatic heterocycles. The Balaban J connectivity index is 1.96. The Morgan fingerprint density at radius 3 is 2.68 bits per heavy atom. The molecule has 1 fully saturated rings. The first kappa shape index (κ1) is 17.4. The lowest BCUT2D eigenvalue weighted by atomic mass is 9.95. The number of hydrogen-bond donors (Lipinski definition) is 1. The highest BCUT2D eigenvalue weighted by Gasteiger charge is 2.42. The Bertz CT molecular complexity index is 814. The van der Waals surface area contributed by atoms with Gasteiger partial charge in [0.25, 0.3) is 11.6 Å². The van der Waals surface area contributed by atoms with Gasteiger partial charge in [-0.15, -0.1) is 11.8 Å². The Morgan fingerprint density at radius 1 is 1.40 bits per heavy atom. The lowest BCUT2D eigenvalue weighted by Crippen LogP contribution is -2.44. The lowest BCUT2D eigenvalue weighted by Gasteiger charge is -2.26. The molecule has 1 amide bonds. The maximum absolute atomic E-state index is 12.9. The first-order valence-corrected chi connectivity index (χ1v) is 9.13. The molecule has 8 nitrogen and oxygen atoms in total. The maximum atomic E-state index is 12.9. The normalized spacial score (nSPS) is 15.9. The molecule has 9 heteroatoms. The number of carbonyl (C=O) groups excluding carboxylic acids is 1. The summed E-state index contributed by atoms with van der Waals surface area (Å²) in [6, 6.07) is 4.54. The Labute approximate surface area is 148 Å². The molecule has 0 saturated heterocycles. The average molecular weight is 362 g/mol. The summed E-state index contributed by atoms with van der Waals surface area (Å²) in [4.78, 5) is 28.7. The van der Waals surface area contributed by atoms with Crippen molar-refractivity contribution in [1.29, 1.82) is 0 Å². The van der Waals surface area contributed by atoms with Gasteiger partial charge in [0.2, 0.25) is 5.89 Å². The van der Waals surface area contributed by atoms with Gasteiger partial charge in [-0.2, -0.15) is 4.98 Å². The number of hydrogen-bond acceptors (Lipinski definition) is 7. The van der Waals surface area contributed by atoms with Gasteiger partial charge in [-0.1, -0.05) is 18.0 Å². The van der Waals surface area contributed by atoms with E-state index < -0.39 is 16.4 Å². The van der Waals surface area contributed by atoms with Crippen LogP contribution in [0, 0.1) is 17.0 Å². The molecule has 1 heterocycles. The third-order valence-electron chi connectivity index (χ3n) is 4.41. The monoisotopic (exact) mass is 362 g/mol. The van der Waals surface area contributed by atoms with Crippen molar-refractivity contribution in [1.82, 2.24) is 15.5 Å². The first-order chi connectivity index (χ1) is 11.9. The molecule has 1 N–H and O–H groups in total. The quantitative estimate of drug-likeness (QED) is 0.494. The number of carbonyl (C=O) groups is 1. The summed E-state index contributed by atoms with van der Waals surface area (Å²) in [6.07, 6.45) is 5.03. The molecule has 0 atom stereocenters. The van der Waals surface area contributed by atoms with Gasteiger partial charge in [-0.25, -0.2) is 0 Å². The van der Waals surface area contributed by atoms with Crippen molar-refractivity contribution in [2.45, 2.75) is 43.0 Å². The number of amides is 1. The summed E-state index contributed by atoms with van der Waals surface area (Å²) in [6.45, 7) is 1.69. The highest BCUT2D eigenvalue weighted by atomic mass is 32.2. The van der Waals surface area contributed by atoms with E-state index in [2.05, 4.69) is 15.5 Å². The molecule has 0 bridgehead atoms. The minimum atomic E-state index is -0.738. The van der Waals surface area contributed by atoms with Gasteiger partial charge in [0, 0.05) is 17.9 Å². The molecule has 0 radical (unpaired) electrons. The summed E-state index contributed by atoms with van der Waals surface area (Å²) in [5, 5.41) is 18.2. The topological polar surface area (TPSA) is 111 Å². The third-order valence-corrected chi connectivity index (χ3v) is 5.14. The van der Waals surface area contributed by atoms with Crippen molar-refractivity contribution in [3.8, 4) is 0 Å². The van der Waals surface area contributed by atoms with E-state index >= 15 is 0 Å². The summed E-state index contributed by atoms with van der Waals surface area (Å²) < 4.78 is 5.06. The zero-order chi connectivity index (χ0) is 18.0. The van der Waals surface area contributed by atoms with E-state index in [-0.39, 0.29) is 11.3 Å². The number of rotatable bonds is 5. The number of nitro benzene ring substituents is 1. The fourth-order valence-electron chi connectivity index (χ4n) is 3.14. The summed E-state index contributed by atoms with van der Waals surface area (Å²) >= 11 is 1.42. The molecule has 0 unspecified atom stereocenters. The summed E-state index contributed by atoms with van der Waals surface area (Å²) in [5.41, 5.74) is -0.908. The number of nitro groups is 1. The van der Waals surface area contributed by atoms with E-state index in [0.717, 1.165) is 17.7 Å². The largest absolute Gasteiger partial charge is 0.340 e. The van der Waals surface area contributed by atoms with Gasteiger partial charge in [0.05, 0.1) is 4.92 Å². The van der Waals surface area contributed by atoms with E-state index in [1.807, 2.05) is 6.26 Å². The molecule has 132 valence electrons. The van der Waals surface area contributed by atoms with Gasteiger partial charge in [-0.05, 0) is 31.2 Å². The van der Waals surface area contributed by atoms with Crippen molar-refractivity contribution < 1.29 is 14.2 Å². The van der Waals surface area contributed by atoms with E-state index in [1.54, 1.807) is 19.1 Å². The van der Waals surface area contributed by atoms with Crippen LogP contribution in [0.15, 0.2) is 27.6 Å². The molecular weight excluding hydrogens is 344 g/mol. The van der Waals surface area contributed by atoms with Crippen LogP contribution in [-0.4, -0.2) is 27.2 Å². The van der Waals surface area contributed by atoms with Crippen molar-refractivity contribution in [2.24, 2.45) is 0 Å². The maximum Gasteiger partial charge on any atom is 0.282 e. The fraction of sp³-hybridized carbons (Fsp3) is 0.438. The summed E-state index contributed by atoms with van der Waals surface area (Å²) in [5.74, 6) is 0.359. The van der Waals surface area contributed by atoms with Gasteiger partial charge in [-0.3, -0.25) is 14.9 Å². The van der Waals surface area contributed by atoms with Crippen LogP contribution in [0.1, 0.15) is 47.8 Å². The van der Waals surface area contributed by atoms with E-state index in [1.165, 1.54) is 17.8 Å². The van der Waals surface area contributed by atoms with Crippen LogP contribution in [0.25, 0.3) is 0 Å². The van der Waals surface area contributed by atoms with Gasteiger partial charge in [0.1, 0.15) is 11.1 Å². The zero-order valence-corrected chi connectivity index (χ0v) is 14.8. The molecular formula is C16H18N4O4S. The highest BCUT2D eigenvalue weighted by molar-refractivity contribution is 7.98. The van der Waals surface area contributed by atoms with Crippen molar-refractivity contribution in [3.05, 3.63) is 45.6 Å². The standard InChI is InChI=1S/C16H18N4O4S/c1-10-17-15(19-24-10)16(7-3-4-8-16)18-14(21)12-9-11(25-2)5-6-13(12)20(22)23/h5-6,9H,3-4,7-8H2,1-2H3,(H,18,21). The van der Waals surface area contributed by atoms with Crippen LogP contribution >= 0.6 is 11.8 Å². The fourth-order valence-corrected chi connectivity index (χ4v) is 3.58. The number of thioether (sulfide) groups is 1. The van der Waals surface area contributed by atoms with E-state index in [9.17, 15) is 14.9 Å². The smallest absolute Gasteiger partial charge is 0.282 e. The predicted molar refractivity (Wildman–Crippen MR) is 91.5 cm³/mol. The van der Waals surface area contributed by atoms with Crippen molar-refractivity contribution in [3.63, 3.8) is 0 Å². The Hall–Kier alpha value is -2.42. The average Bonchev–Trinajstić information content (AvgIpc) is 3.24. The highest BCUT2D eigenvalue weighted by Crippen LogP contribution is 2.38. The second-order valence-corrected chi connectivity index (χ2v) is 6.90. The Kier molecular flexibility index (Phi) is 4.76.